The second-order valence-electron chi connectivity index (χ2n) is 5.12. The summed E-state index contributed by atoms with van der Waals surface area (Å²) in [5.41, 5.74) is -0.516. The number of benzene rings is 2. The standard InChI is InChI=1S/C17H10Br2F4O3/c18-13-5-9(1-2-15(24)25)6-14(19)16(13)26-8-10-3-11(17(21,22)23)7-12(20)4-10/h1-7H,8H2,(H,24,25)/b2-1+. The van der Waals surface area contributed by atoms with E-state index in [1.807, 2.05) is 0 Å². The molecule has 2 aromatic rings. The summed E-state index contributed by atoms with van der Waals surface area (Å²) in [5.74, 6) is -1.83. The highest BCUT2D eigenvalue weighted by Gasteiger charge is 2.31. The Balaban J connectivity index is 2.22. The van der Waals surface area contributed by atoms with Gasteiger partial charge in [-0.3, -0.25) is 0 Å². The van der Waals surface area contributed by atoms with Crippen molar-refractivity contribution < 1.29 is 32.2 Å². The Kier molecular flexibility index (Phi) is 6.46. The van der Waals surface area contributed by atoms with Gasteiger partial charge in [-0.05, 0) is 79.4 Å². The number of aliphatic carboxylic acids is 1. The molecule has 2 rings (SSSR count). The van der Waals surface area contributed by atoms with Crippen LogP contribution in [0.4, 0.5) is 17.6 Å². The van der Waals surface area contributed by atoms with Gasteiger partial charge in [-0.2, -0.15) is 13.2 Å². The predicted octanol–water partition coefficient (Wildman–Crippen LogP) is 6.05. The Morgan fingerprint density at radius 3 is 2.27 bits per heavy atom. The van der Waals surface area contributed by atoms with Crippen molar-refractivity contribution in [1.82, 2.24) is 0 Å². The number of hydrogen-bond donors (Lipinski definition) is 1. The largest absolute Gasteiger partial charge is 0.487 e. The molecule has 138 valence electrons. The summed E-state index contributed by atoms with van der Waals surface area (Å²) in [7, 11) is 0. The summed E-state index contributed by atoms with van der Waals surface area (Å²) in [5, 5.41) is 8.63. The molecule has 0 fully saturated rings. The van der Waals surface area contributed by atoms with Gasteiger partial charge >= 0.3 is 12.1 Å². The fraction of sp³-hybridized carbons (Fsp3) is 0.118. The van der Waals surface area contributed by atoms with Gasteiger partial charge in [0.2, 0.25) is 0 Å². The lowest BCUT2D eigenvalue weighted by molar-refractivity contribution is -0.138. The predicted molar refractivity (Wildman–Crippen MR) is 94.2 cm³/mol. The maximum Gasteiger partial charge on any atom is 0.416 e. The number of carbonyl (C=O) groups is 1. The molecule has 1 N–H and O–H groups in total. The normalized spacial score (nSPS) is 11.8. The molecule has 0 bridgehead atoms. The molecular weight excluding hydrogens is 488 g/mol. The van der Waals surface area contributed by atoms with E-state index >= 15 is 0 Å². The zero-order chi connectivity index (χ0) is 19.5. The molecule has 0 heterocycles. The van der Waals surface area contributed by atoms with Gasteiger partial charge in [0.05, 0.1) is 14.5 Å². The summed E-state index contributed by atoms with van der Waals surface area (Å²) in [6.45, 7) is -0.289. The Hall–Kier alpha value is -1.87. The van der Waals surface area contributed by atoms with E-state index in [2.05, 4.69) is 31.9 Å². The highest BCUT2D eigenvalue weighted by Crippen LogP contribution is 2.36. The lowest BCUT2D eigenvalue weighted by Gasteiger charge is -2.13. The zero-order valence-electron chi connectivity index (χ0n) is 12.8. The van der Waals surface area contributed by atoms with Crippen LogP contribution in [0.2, 0.25) is 0 Å². The van der Waals surface area contributed by atoms with E-state index in [1.54, 1.807) is 12.1 Å². The van der Waals surface area contributed by atoms with Crippen LogP contribution in [0, 0.1) is 5.82 Å². The third-order valence-corrected chi connectivity index (χ3v) is 4.29. The van der Waals surface area contributed by atoms with Gasteiger partial charge in [0.1, 0.15) is 18.2 Å². The van der Waals surface area contributed by atoms with Crippen LogP contribution < -0.4 is 4.74 Å². The SMILES string of the molecule is O=C(O)/C=C/c1cc(Br)c(OCc2cc(F)cc(C(F)(F)F)c2)c(Br)c1. The van der Waals surface area contributed by atoms with Crippen LogP contribution in [-0.4, -0.2) is 11.1 Å². The molecule has 0 saturated carbocycles. The molecule has 0 aliphatic carbocycles. The number of hydrogen-bond acceptors (Lipinski definition) is 2. The van der Waals surface area contributed by atoms with Gasteiger partial charge < -0.3 is 9.84 Å². The van der Waals surface area contributed by atoms with Gasteiger partial charge in [-0.25, -0.2) is 9.18 Å². The van der Waals surface area contributed by atoms with Crippen LogP contribution in [0.3, 0.4) is 0 Å². The minimum absolute atomic E-state index is 0.0194. The van der Waals surface area contributed by atoms with Crippen LogP contribution in [0.15, 0.2) is 45.4 Å². The van der Waals surface area contributed by atoms with Crippen molar-refractivity contribution in [1.29, 1.82) is 0 Å². The fourth-order valence-corrected chi connectivity index (χ4v) is 3.48. The number of halogens is 6. The Bertz CT molecular complexity index is 841. The van der Waals surface area contributed by atoms with Gasteiger partial charge in [-0.1, -0.05) is 0 Å². The first-order valence-corrected chi connectivity index (χ1v) is 8.54. The third kappa shape index (κ3) is 5.57. The molecule has 2 aromatic carbocycles. The van der Waals surface area contributed by atoms with Crippen molar-refractivity contribution >= 4 is 43.9 Å². The van der Waals surface area contributed by atoms with Crippen LogP contribution in [0.1, 0.15) is 16.7 Å². The van der Waals surface area contributed by atoms with Gasteiger partial charge in [0.15, 0.2) is 0 Å². The lowest BCUT2D eigenvalue weighted by atomic mass is 10.1. The van der Waals surface area contributed by atoms with Crippen LogP contribution in [0.25, 0.3) is 6.08 Å². The van der Waals surface area contributed by atoms with Gasteiger partial charge in [0, 0.05) is 6.08 Å². The molecule has 3 nitrogen and oxygen atoms in total. The van der Waals surface area contributed by atoms with Crippen molar-refractivity contribution in [2.45, 2.75) is 12.8 Å². The van der Waals surface area contributed by atoms with Crippen molar-refractivity contribution in [3.05, 3.63) is 67.9 Å². The molecule has 0 amide bonds. The van der Waals surface area contributed by atoms with E-state index in [4.69, 9.17) is 9.84 Å². The molecule has 0 aliphatic heterocycles. The quantitative estimate of drug-likeness (QED) is 0.404. The second-order valence-corrected chi connectivity index (χ2v) is 6.83. The maximum absolute atomic E-state index is 13.4. The Labute approximate surface area is 162 Å². The van der Waals surface area contributed by atoms with Crippen LogP contribution in [-0.2, 0) is 17.6 Å². The second kappa shape index (κ2) is 8.22. The van der Waals surface area contributed by atoms with Crippen molar-refractivity contribution in [2.75, 3.05) is 0 Å². The molecule has 0 atom stereocenters. The number of ether oxygens (including phenoxy) is 1. The first-order chi connectivity index (χ1) is 12.1. The zero-order valence-corrected chi connectivity index (χ0v) is 16.0. The van der Waals surface area contributed by atoms with E-state index in [9.17, 15) is 22.4 Å². The molecular formula is C17H10Br2F4O3. The van der Waals surface area contributed by atoms with Crippen LogP contribution >= 0.6 is 31.9 Å². The molecule has 0 spiro atoms. The van der Waals surface area contributed by atoms with Gasteiger partial charge in [-0.15, -0.1) is 0 Å². The first kappa shape index (κ1) is 20.4. The van der Waals surface area contributed by atoms with Crippen molar-refractivity contribution in [3.63, 3.8) is 0 Å². The average molecular weight is 498 g/mol. The van der Waals surface area contributed by atoms with Crippen LogP contribution in [0.5, 0.6) is 5.75 Å². The fourth-order valence-electron chi connectivity index (χ4n) is 2.03. The van der Waals surface area contributed by atoms with E-state index in [1.165, 1.54) is 6.08 Å². The van der Waals surface area contributed by atoms with E-state index in [-0.39, 0.29) is 17.9 Å². The lowest BCUT2D eigenvalue weighted by Crippen LogP contribution is -2.07. The third-order valence-electron chi connectivity index (χ3n) is 3.11. The maximum atomic E-state index is 13.4. The molecule has 9 heteroatoms. The van der Waals surface area contributed by atoms with Crippen molar-refractivity contribution in [2.24, 2.45) is 0 Å². The van der Waals surface area contributed by atoms with E-state index in [0.29, 0.717) is 20.6 Å². The van der Waals surface area contributed by atoms with E-state index < -0.39 is 23.5 Å². The Morgan fingerprint density at radius 2 is 1.73 bits per heavy atom. The molecule has 0 aliphatic rings. The number of alkyl halides is 3. The average Bonchev–Trinajstić information content (AvgIpc) is 2.50. The minimum Gasteiger partial charge on any atom is -0.487 e. The molecule has 0 aromatic heterocycles. The van der Waals surface area contributed by atoms with Crippen molar-refractivity contribution in [3.8, 4) is 5.75 Å². The summed E-state index contributed by atoms with van der Waals surface area (Å²) in [4.78, 5) is 10.5. The summed E-state index contributed by atoms with van der Waals surface area (Å²) < 4.78 is 58.0. The smallest absolute Gasteiger partial charge is 0.416 e. The monoisotopic (exact) mass is 496 g/mol. The molecule has 0 radical (unpaired) electrons. The molecule has 0 saturated heterocycles. The number of carboxylic acids is 1. The van der Waals surface area contributed by atoms with E-state index in [0.717, 1.165) is 18.2 Å². The highest BCUT2D eigenvalue weighted by atomic mass is 79.9. The summed E-state index contributed by atoms with van der Waals surface area (Å²) in [6.07, 6.45) is -2.33. The Morgan fingerprint density at radius 1 is 1.12 bits per heavy atom. The summed E-state index contributed by atoms with van der Waals surface area (Å²) >= 11 is 6.50. The number of carboxylic acid groups (broad SMARTS) is 1. The topological polar surface area (TPSA) is 46.5 Å². The number of rotatable bonds is 5. The summed E-state index contributed by atoms with van der Waals surface area (Å²) in [6, 6.07) is 5.34. The highest BCUT2D eigenvalue weighted by molar-refractivity contribution is 9.11. The van der Waals surface area contributed by atoms with Gasteiger partial charge in [0.25, 0.3) is 0 Å². The molecule has 26 heavy (non-hydrogen) atoms. The first-order valence-electron chi connectivity index (χ1n) is 6.96. The molecule has 0 unspecified atom stereocenters. The minimum atomic E-state index is -4.66.